The van der Waals surface area contributed by atoms with Crippen LogP contribution in [-0.2, 0) is 29.0 Å². The molecule has 0 bridgehead atoms. The average molecular weight is 719 g/mol. The Balaban J connectivity index is 1.07. The number of hydrogen-bond donors (Lipinski definition) is 2. The first-order valence-electron chi connectivity index (χ1n) is 17.5. The van der Waals surface area contributed by atoms with Crippen molar-refractivity contribution in [1.29, 1.82) is 0 Å². The summed E-state index contributed by atoms with van der Waals surface area (Å²) in [4.78, 5) is 68.3. The van der Waals surface area contributed by atoms with E-state index in [2.05, 4.69) is 5.32 Å². The van der Waals surface area contributed by atoms with E-state index < -0.39 is 35.6 Å². The second kappa shape index (κ2) is 15.6. The molecule has 0 radical (unpaired) electrons. The van der Waals surface area contributed by atoms with E-state index in [1.165, 1.54) is 9.47 Å². The fourth-order valence-corrected chi connectivity index (χ4v) is 6.71. The fourth-order valence-electron chi connectivity index (χ4n) is 6.71. The molecule has 2 aliphatic heterocycles. The normalized spacial score (nSPS) is 14.3. The number of aliphatic hydroxyl groups excluding tert-OH is 1. The number of nitrogens with zero attached hydrogens (tertiary/aromatic N) is 3. The smallest absolute Gasteiger partial charge is 0.419 e. The molecule has 2 aliphatic rings. The van der Waals surface area contributed by atoms with Gasteiger partial charge in [0, 0.05) is 39.0 Å². The summed E-state index contributed by atoms with van der Waals surface area (Å²) in [6, 6.07) is 27.5. The van der Waals surface area contributed by atoms with E-state index in [1.807, 2.05) is 42.5 Å². The van der Waals surface area contributed by atoms with Gasteiger partial charge >= 0.3 is 5.76 Å². The van der Waals surface area contributed by atoms with Gasteiger partial charge in [-0.2, -0.15) is 0 Å². The van der Waals surface area contributed by atoms with Gasteiger partial charge < -0.3 is 29.2 Å². The van der Waals surface area contributed by atoms with Crippen molar-refractivity contribution in [2.75, 3.05) is 26.4 Å². The van der Waals surface area contributed by atoms with Crippen LogP contribution in [-0.4, -0.2) is 81.7 Å². The summed E-state index contributed by atoms with van der Waals surface area (Å²) < 4.78 is 17.6. The van der Waals surface area contributed by atoms with Crippen LogP contribution >= 0.6 is 0 Å². The van der Waals surface area contributed by atoms with Gasteiger partial charge in [0.25, 0.3) is 11.8 Å². The van der Waals surface area contributed by atoms with Crippen LogP contribution in [0, 0.1) is 0 Å². The van der Waals surface area contributed by atoms with Crippen LogP contribution in [0.1, 0.15) is 44.7 Å². The van der Waals surface area contributed by atoms with E-state index in [9.17, 15) is 29.1 Å². The third-order valence-electron chi connectivity index (χ3n) is 9.54. The van der Waals surface area contributed by atoms with Gasteiger partial charge in [0.05, 0.1) is 28.8 Å². The molecule has 5 aromatic rings. The summed E-state index contributed by atoms with van der Waals surface area (Å²) >= 11 is 0. The molecule has 2 atom stereocenters. The summed E-state index contributed by atoms with van der Waals surface area (Å²) in [6.07, 6.45) is -0.763. The number of ether oxygens (including phenoxy) is 2. The lowest BCUT2D eigenvalue weighted by Crippen LogP contribution is -2.51. The van der Waals surface area contributed by atoms with E-state index in [1.54, 1.807) is 54.6 Å². The molecule has 4 amide bonds. The second-order valence-corrected chi connectivity index (χ2v) is 13.0. The number of carbonyl (C=O) groups excluding carboxylic acids is 4. The largest absolute Gasteiger partial charge is 0.454 e. The Hall–Kier alpha value is -6.21. The lowest BCUT2D eigenvalue weighted by molar-refractivity contribution is -0.133. The van der Waals surface area contributed by atoms with E-state index in [-0.39, 0.29) is 58.1 Å². The van der Waals surface area contributed by atoms with Gasteiger partial charge in [-0.25, -0.2) is 4.79 Å². The molecule has 0 saturated heterocycles. The van der Waals surface area contributed by atoms with Crippen LogP contribution in [0.4, 0.5) is 0 Å². The molecule has 0 unspecified atom stereocenters. The Kier molecular flexibility index (Phi) is 10.3. The van der Waals surface area contributed by atoms with E-state index in [4.69, 9.17) is 13.9 Å². The second-order valence-electron chi connectivity index (χ2n) is 13.0. The van der Waals surface area contributed by atoms with Gasteiger partial charge in [0.1, 0.15) is 0 Å². The van der Waals surface area contributed by atoms with Crippen molar-refractivity contribution in [1.82, 2.24) is 19.7 Å². The van der Waals surface area contributed by atoms with Crippen molar-refractivity contribution in [2.24, 2.45) is 0 Å². The van der Waals surface area contributed by atoms with Crippen molar-refractivity contribution in [3.05, 3.63) is 130 Å². The predicted molar refractivity (Wildman–Crippen MR) is 192 cm³/mol. The lowest BCUT2D eigenvalue weighted by atomic mass is 10.00. The number of carbonyl (C=O) groups is 4. The minimum atomic E-state index is -1.21. The monoisotopic (exact) mass is 718 g/mol. The molecule has 0 saturated carbocycles. The number of para-hydroxylation sites is 2. The van der Waals surface area contributed by atoms with Gasteiger partial charge in [-0.3, -0.25) is 28.6 Å². The van der Waals surface area contributed by atoms with Crippen LogP contribution in [0.25, 0.3) is 11.1 Å². The summed E-state index contributed by atoms with van der Waals surface area (Å²) in [6.45, 7) is 0.106. The minimum Gasteiger partial charge on any atom is -0.454 e. The van der Waals surface area contributed by atoms with E-state index in [0.29, 0.717) is 40.1 Å². The Labute approximate surface area is 304 Å². The van der Waals surface area contributed by atoms with Crippen LogP contribution in [0.2, 0.25) is 0 Å². The zero-order valence-corrected chi connectivity index (χ0v) is 28.8. The molecule has 1 aromatic heterocycles. The van der Waals surface area contributed by atoms with Crippen molar-refractivity contribution in [2.45, 2.75) is 44.4 Å². The number of aliphatic hydroxyl groups is 1. The number of fused-ring (bicyclic) bond motifs is 3. The molecule has 13 heteroatoms. The maximum atomic E-state index is 13.9. The van der Waals surface area contributed by atoms with Crippen LogP contribution < -0.4 is 20.5 Å². The number of nitrogens with one attached hydrogen (secondary N) is 1. The number of rotatable bonds is 15. The Morgan fingerprint density at radius 3 is 2.26 bits per heavy atom. The highest BCUT2D eigenvalue weighted by molar-refractivity contribution is 6.21. The Bertz CT molecular complexity index is 2180. The number of aromatic nitrogens is 1. The Morgan fingerprint density at radius 2 is 1.49 bits per heavy atom. The molecular formula is C40H38N4O9. The van der Waals surface area contributed by atoms with Crippen molar-refractivity contribution in [3.8, 4) is 11.5 Å². The van der Waals surface area contributed by atoms with Crippen LogP contribution in [0.5, 0.6) is 11.5 Å². The van der Waals surface area contributed by atoms with Crippen LogP contribution in [0.3, 0.4) is 0 Å². The first kappa shape index (κ1) is 35.2. The van der Waals surface area contributed by atoms with Crippen molar-refractivity contribution >= 4 is 34.7 Å². The molecular weight excluding hydrogens is 680 g/mol. The highest BCUT2D eigenvalue weighted by Crippen LogP contribution is 2.32. The number of hydrogen-bond acceptors (Lipinski definition) is 9. The number of imide groups is 1. The average Bonchev–Trinajstić information content (AvgIpc) is 3.84. The molecule has 0 aliphatic carbocycles. The van der Waals surface area contributed by atoms with Gasteiger partial charge in [0.2, 0.25) is 18.6 Å². The molecule has 53 heavy (non-hydrogen) atoms. The Morgan fingerprint density at radius 1 is 0.792 bits per heavy atom. The maximum Gasteiger partial charge on any atom is 0.419 e. The quantitative estimate of drug-likeness (QED) is 0.154. The van der Waals surface area contributed by atoms with Crippen molar-refractivity contribution < 1.29 is 38.2 Å². The molecule has 7 rings (SSSR count). The highest BCUT2D eigenvalue weighted by atomic mass is 16.7. The van der Waals surface area contributed by atoms with Crippen LogP contribution in [0.15, 0.2) is 106 Å². The third-order valence-corrected chi connectivity index (χ3v) is 9.54. The van der Waals surface area contributed by atoms with Gasteiger partial charge in [-0.15, -0.1) is 0 Å². The van der Waals surface area contributed by atoms with Gasteiger partial charge in [0.15, 0.2) is 17.1 Å². The SMILES string of the molecule is O=C(CCn1c(=O)oc2ccccc21)N[C@@H](Cc1ccccc1)[C@@H](O)CN(CCc1ccc2c(c1)OCO2)C(=O)CCN1C(=O)c2ccccc2C1=O. The summed E-state index contributed by atoms with van der Waals surface area (Å²) in [5, 5.41) is 14.7. The van der Waals surface area contributed by atoms with Crippen molar-refractivity contribution in [3.63, 3.8) is 0 Å². The summed E-state index contributed by atoms with van der Waals surface area (Å²) in [7, 11) is 0. The van der Waals surface area contributed by atoms with E-state index in [0.717, 1.165) is 16.0 Å². The zero-order valence-electron chi connectivity index (χ0n) is 28.8. The number of oxazole rings is 1. The number of amides is 4. The van der Waals surface area contributed by atoms with Gasteiger partial charge in [-0.1, -0.05) is 60.7 Å². The molecule has 4 aromatic carbocycles. The highest BCUT2D eigenvalue weighted by Gasteiger charge is 2.36. The molecule has 2 N–H and O–H groups in total. The predicted octanol–water partition coefficient (Wildman–Crippen LogP) is 3.56. The van der Waals surface area contributed by atoms with Gasteiger partial charge in [-0.05, 0) is 60.4 Å². The van der Waals surface area contributed by atoms with E-state index >= 15 is 0 Å². The molecule has 3 heterocycles. The lowest BCUT2D eigenvalue weighted by Gasteiger charge is -2.31. The number of aryl methyl sites for hydroxylation is 1. The number of benzene rings is 4. The molecule has 0 spiro atoms. The molecule has 13 nitrogen and oxygen atoms in total. The summed E-state index contributed by atoms with van der Waals surface area (Å²) in [5.41, 5.74) is 3.32. The minimum absolute atomic E-state index is 0.0610. The zero-order chi connectivity index (χ0) is 36.9. The molecule has 272 valence electrons. The summed E-state index contributed by atoms with van der Waals surface area (Å²) in [5.74, 6) is -1.03. The molecule has 0 fully saturated rings. The first-order chi connectivity index (χ1) is 25.7. The first-order valence-corrected chi connectivity index (χ1v) is 17.5. The standard InChI is InChI=1S/C40H38N4O9/c45-32(30(22-26-8-2-1-3-9-26)41-36(46)17-20-43-31-12-6-7-13-33(31)53-40(43)50)24-42(19-16-27-14-15-34-35(23-27)52-25-51-34)37(47)18-21-44-38(48)28-10-4-5-11-29(28)39(44)49/h1-15,23,30,32,45H,16-22,24-25H2,(H,41,46)/t30-,32-/m0/s1. The maximum absolute atomic E-state index is 13.9. The fraction of sp³-hybridized carbons (Fsp3) is 0.275. The topological polar surface area (TPSA) is 161 Å². The third kappa shape index (κ3) is 7.85.